The number of rotatable bonds is 11. The monoisotopic (exact) mass is 1110 g/mol. The first-order valence-electron chi connectivity index (χ1n) is 29.1. The second-order valence-electron chi connectivity index (χ2n) is 21.9. The number of hydrogen-bond donors (Lipinski definition) is 0. The molecule has 3 heterocycles. The number of hydrogen-bond acceptors (Lipinski definition) is 4. The van der Waals surface area contributed by atoms with Crippen LogP contribution in [0, 0.1) is 0 Å². The molecule has 5 heteroatoms. The Morgan fingerprint density at radius 1 is 0.221 bits per heavy atom. The van der Waals surface area contributed by atoms with Gasteiger partial charge in [-0.05, 0) is 169 Å². The van der Waals surface area contributed by atoms with Crippen molar-refractivity contribution in [1.82, 2.24) is 19.5 Å². The predicted octanol–water partition coefficient (Wildman–Crippen LogP) is 22.0. The van der Waals surface area contributed by atoms with Crippen molar-refractivity contribution < 1.29 is 0 Å². The normalized spacial score (nSPS) is 11.5. The Balaban J connectivity index is 0.792. The van der Waals surface area contributed by atoms with Gasteiger partial charge in [-0.15, -0.1) is 11.3 Å². The molecule has 16 aromatic rings. The predicted molar refractivity (Wildman–Crippen MR) is 361 cm³/mol. The topological polar surface area (TPSA) is 43.6 Å². The van der Waals surface area contributed by atoms with E-state index in [0.717, 1.165) is 77.7 Å². The Kier molecular flexibility index (Phi) is 12.7. The first-order chi connectivity index (χ1) is 42.6. The minimum absolute atomic E-state index is 0.615. The van der Waals surface area contributed by atoms with E-state index < -0.39 is 0 Å². The minimum Gasteiger partial charge on any atom is -0.309 e. The number of para-hydroxylation sites is 1. The molecule has 3 aromatic heterocycles. The highest BCUT2D eigenvalue weighted by atomic mass is 32.1. The lowest BCUT2D eigenvalue weighted by atomic mass is 9.93. The molecule has 0 aliphatic heterocycles. The van der Waals surface area contributed by atoms with Gasteiger partial charge in [0, 0.05) is 53.3 Å². The zero-order valence-electron chi connectivity index (χ0n) is 46.7. The third-order valence-corrected chi connectivity index (χ3v) is 17.7. The lowest BCUT2D eigenvalue weighted by Gasteiger charge is -2.14. The van der Waals surface area contributed by atoms with Gasteiger partial charge in [0.2, 0.25) is 0 Å². The number of thiophene rings is 1. The van der Waals surface area contributed by atoms with Crippen molar-refractivity contribution in [2.24, 2.45) is 0 Å². The number of benzene rings is 13. The molecule has 0 aliphatic carbocycles. The molecule has 13 aromatic carbocycles. The molecule has 0 atom stereocenters. The quantitative estimate of drug-likeness (QED) is 0.130. The summed E-state index contributed by atoms with van der Waals surface area (Å²) >= 11 is 1.80. The fourth-order valence-electron chi connectivity index (χ4n) is 12.4. The maximum absolute atomic E-state index is 5.41. The molecule has 0 saturated heterocycles. The summed E-state index contributed by atoms with van der Waals surface area (Å²) in [6, 6.07) is 114. The third kappa shape index (κ3) is 9.43. The van der Waals surface area contributed by atoms with Crippen LogP contribution in [0.5, 0.6) is 0 Å². The van der Waals surface area contributed by atoms with Gasteiger partial charge >= 0.3 is 0 Å². The number of fused-ring (bicyclic) bond motifs is 6. The standard InChI is InChI=1S/C81H52N4S/c1-6-21-53(22-7-1)63-44-64(54-23-8-2-9-24-54)47-67(46-63)58-31-18-33-62(43-58)80-82-79(57-29-14-5-15-30-57)83-81(84-80)71-36-20-38-77-78(71)73-52-61(40-42-76(73)86-77)60-39-41-75-72(51-60)70-35-16-17-37-74(70)85(75)69-34-19-32-59(50-69)68-48-65(55-25-10-3-11-26-55)45-66(49-68)56-27-12-4-13-28-56/h1-52H. The fourth-order valence-corrected chi connectivity index (χ4v) is 13.5. The van der Waals surface area contributed by atoms with E-state index in [1.54, 1.807) is 11.3 Å². The van der Waals surface area contributed by atoms with Crippen LogP contribution in [-0.2, 0) is 0 Å². The fraction of sp³-hybridized carbons (Fsp3) is 0. The first-order valence-corrected chi connectivity index (χ1v) is 29.9. The SMILES string of the molecule is c1ccc(-c2cc(-c3ccccc3)cc(-c3cccc(-c4nc(-c5ccccc5)nc(-c5cccc6sc7ccc(-c8ccc9c(c8)c8ccccc8n9-c8cccc(-c9cc(-c%10ccccc%10)cc(-c%10ccccc%10)c9)c8)cc7c56)n4)c3)c2)cc1. The van der Waals surface area contributed by atoms with E-state index in [0.29, 0.717) is 17.5 Å². The summed E-state index contributed by atoms with van der Waals surface area (Å²) in [5, 5.41) is 4.71. The molecule has 0 saturated carbocycles. The average Bonchev–Trinajstić information content (AvgIpc) is 2.07. The van der Waals surface area contributed by atoms with E-state index in [2.05, 4.69) is 302 Å². The van der Waals surface area contributed by atoms with E-state index >= 15 is 0 Å². The van der Waals surface area contributed by atoms with Crippen LogP contribution < -0.4 is 0 Å². The maximum Gasteiger partial charge on any atom is 0.164 e. The van der Waals surface area contributed by atoms with E-state index in [-0.39, 0.29) is 0 Å². The molecule has 0 bridgehead atoms. The Morgan fingerprint density at radius 3 is 1.20 bits per heavy atom. The maximum atomic E-state index is 5.41. The van der Waals surface area contributed by atoms with Gasteiger partial charge in [0.25, 0.3) is 0 Å². The van der Waals surface area contributed by atoms with Gasteiger partial charge in [-0.25, -0.2) is 15.0 Å². The minimum atomic E-state index is 0.615. The highest BCUT2D eigenvalue weighted by Crippen LogP contribution is 2.44. The van der Waals surface area contributed by atoms with Crippen LogP contribution in [0.15, 0.2) is 315 Å². The number of aromatic nitrogens is 4. The second-order valence-corrected chi connectivity index (χ2v) is 23.0. The first kappa shape index (κ1) is 50.6. The van der Waals surface area contributed by atoms with Crippen LogP contribution in [0.1, 0.15) is 0 Å². The summed E-state index contributed by atoms with van der Waals surface area (Å²) in [5.41, 5.74) is 22.5. The highest BCUT2D eigenvalue weighted by molar-refractivity contribution is 7.26. The van der Waals surface area contributed by atoms with Gasteiger partial charge < -0.3 is 4.57 Å². The van der Waals surface area contributed by atoms with Crippen molar-refractivity contribution in [2.75, 3.05) is 0 Å². The summed E-state index contributed by atoms with van der Waals surface area (Å²) in [6.07, 6.45) is 0. The molecule has 0 spiro atoms. The molecule has 402 valence electrons. The summed E-state index contributed by atoms with van der Waals surface area (Å²) in [7, 11) is 0. The highest BCUT2D eigenvalue weighted by Gasteiger charge is 2.20. The van der Waals surface area contributed by atoms with Crippen LogP contribution in [0.2, 0.25) is 0 Å². The molecular weight excluding hydrogens is 1060 g/mol. The molecule has 0 N–H and O–H groups in total. The molecule has 86 heavy (non-hydrogen) atoms. The van der Waals surface area contributed by atoms with Crippen molar-refractivity contribution in [3.8, 4) is 118 Å². The smallest absolute Gasteiger partial charge is 0.164 e. The Hall–Kier alpha value is -11.1. The summed E-state index contributed by atoms with van der Waals surface area (Å²) in [4.78, 5) is 16.0. The Labute approximate surface area is 503 Å². The lowest BCUT2D eigenvalue weighted by Crippen LogP contribution is -2.00. The zero-order valence-corrected chi connectivity index (χ0v) is 47.5. The van der Waals surface area contributed by atoms with Crippen LogP contribution >= 0.6 is 11.3 Å². The van der Waals surface area contributed by atoms with Gasteiger partial charge in [-0.3, -0.25) is 0 Å². The average molecular weight is 1110 g/mol. The van der Waals surface area contributed by atoms with Gasteiger partial charge in [-0.2, -0.15) is 0 Å². The zero-order chi connectivity index (χ0) is 56.9. The van der Waals surface area contributed by atoms with Crippen molar-refractivity contribution in [2.45, 2.75) is 0 Å². The molecule has 0 aliphatic rings. The number of nitrogens with zero attached hydrogens (tertiary/aromatic N) is 4. The van der Waals surface area contributed by atoms with Crippen molar-refractivity contribution >= 4 is 53.3 Å². The lowest BCUT2D eigenvalue weighted by molar-refractivity contribution is 1.08. The molecule has 0 fully saturated rings. The van der Waals surface area contributed by atoms with Crippen molar-refractivity contribution in [1.29, 1.82) is 0 Å². The van der Waals surface area contributed by atoms with Crippen molar-refractivity contribution in [3.63, 3.8) is 0 Å². The van der Waals surface area contributed by atoms with Gasteiger partial charge in [0.1, 0.15) is 0 Å². The molecule has 0 amide bonds. The Morgan fingerprint density at radius 2 is 0.616 bits per heavy atom. The van der Waals surface area contributed by atoms with Crippen LogP contribution in [0.3, 0.4) is 0 Å². The summed E-state index contributed by atoms with van der Waals surface area (Å²) < 4.78 is 4.81. The van der Waals surface area contributed by atoms with Crippen LogP contribution in [0.25, 0.3) is 160 Å². The van der Waals surface area contributed by atoms with Crippen LogP contribution in [0.4, 0.5) is 0 Å². The van der Waals surface area contributed by atoms with Gasteiger partial charge in [0.05, 0.1) is 11.0 Å². The summed E-state index contributed by atoms with van der Waals surface area (Å²) in [5.74, 6) is 1.87. The van der Waals surface area contributed by atoms with Crippen molar-refractivity contribution in [3.05, 3.63) is 315 Å². The molecule has 0 unspecified atom stereocenters. The van der Waals surface area contributed by atoms with E-state index in [9.17, 15) is 0 Å². The molecular formula is C81H52N4S. The van der Waals surface area contributed by atoms with Crippen LogP contribution in [-0.4, -0.2) is 19.5 Å². The summed E-state index contributed by atoms with van der Waals surface area (Å²) in [6.45, 7) is 0. The molecule has 4 nitrogen and oxygen atoms in total. The Bertz CT molecular complexity index is 5090. The van der Waals surface area contributed by atoms with Gasteiger partial charge in [0.15, 0.2) is 17.5 Å². The second kappa shape index (κ2) is 21.6. The van der Waals surface area contributed by atoms with E-state index in [1.807, 2.05) is 18.2 Å². The van der Waals surface area contributed by atoms with E-state index in [1.165, 1.54) is 64.5 Å². The van der Waals surface area contributed by atoms with Gasteiger partial charge in [-0.1, -0.05) is 224 Å². The third-order valence-electron chi connectivity index (χ3n) is 16.6. The largest absolute Gasteiger partial charge is 0.309 e. The molecule has 16 rings (SSSR count). The van der Waals surface area contributed by atoms with E-state index in [4.69, 9.17) is 15.0 Å². The molecule has 0 radical (unpaired) electrons.